The van der Waals surface area contributed by atoms with E-state index in [9.17, 15) is 13.2 Å². The molecule has 5 nitrogen and oxygen atoms in total. The lowest BCUT2D eigenvalue weighted by molar-refractivity contribution is -0.144. The smallest absolute Gasteiger partial charge is 0.383 e. The average molecular weight is 217 g/mol. The van der Waals surface area contributed by atoms with Gasteiger partial charge in [0.1, 0.15) is 5.82 Å². The summed E-state index contributed by atoms with van der Waals surface area (Å²) >= 11 is 0. The van der Waals surface area contributed by atoms with E-state index in [1.54, 1.807) is 0 Å². The highest BCUT2D eigenvalue weighted by molar-refractivity contribution is 5.84. The van der Waals surface area contributed by atoms with Crippen molar-refractivity contribution in [3.05, 3.63) is 12.0 Å². The van der Waals surface area contributed by atoms with Gasteiger partial charge in [-0.3, -0.25) is 4.68 Å². The molecule has 2 aromatic rings. The zero-order valence-electron chi connectivity index (χ0n) is 7.58. The van der Waals surface area contributed by atoms with Crippen molar-refractivity contribution in [2.45, 2.75) is 6.18 Å². The van der Waals surface area contributed by atoms with Crippen molar-refractivity contribution >= 4 is 16.9 Å². The first kappa shape index (κ1) is 9.69. The predicted octanol–water partition coefficient (Wildman–Crippen LogP) is 0.964. The van der Waals surface area contributed by atoms with E-state index in [1.165, 1.54) is 17.9 Å². The molecule has 0 amide bonds. The molecule has 15 heavy (non-hydrogen) atoms. The van der Waals surface area contributed by atoms with Gasteiger partial charge in [-0.1, -0.05) is 0 Å². The third-order valence-corrected chi connectivity index (χ3v) is 1.88. The van der Waals surface area contributed by atoms with E-state index >= 15 is 0 Å². The minimum Gasteiger partial charge on any atom is -0.383 e. The quantitative estimate of drug-likeness (QED) is 0.713. The third-order valence-electron chi connectivity index (χ3n) is 1.88. The van der Waals surface area contributed by atoms with Gasteiger partial charge >= 0.3 is 6.18 Å². The molecule has 0 aromatic carbocycles. The van der Waals surface area contributed by atoms with Crippen LogP contribution in [0.1, 0.15) is 5.82 Å². The first-order valence-corrected chi connectivity index (χ1v) is 3.92. The van der Waals surface area contributed by atoms with Crippen molar-refractivity contribution in [1.29, 1.82) is 0 Å². The Kier molecular flexibility index (Phi) is 1.82. The summed E-state index contributed by atoms with van der Waals surface area (Å²) in [5, 5.41) is 4.06. The topological polar surface area (TPSA) is 69.6 Å². The Balaban J connectivity index is 2.76. The molecule has 0 unspecified atom stereocenters. The summed E-state index contributed by atoms with van der Waals surface area (Å²) < 4.78 is 38.2. The Labute approximate surface area is 81.7 Å². The molecular formula is C7H6F3N5. The van der Waals surface area contributed by atoms with Crippen molar-refractivity contribution in [1.82, 2.24) is 19.7 Å². The van der Waals surface area contributed by atoms with Gasteiger partial charge in [-0.25, -0.2) is 9.97 Å². The summed E-state index contributed by atoms with van der Waals surface area (Å²) in [6.45, 7) is 0. The third kappa shape index (κ3) is 1.47. The van der Waals surface area contributed by atoms with E-state index in [2.05, 4.69) is 15.1 Å². The molecule has 80 valence electrons. The fraction of sp³-hybridized carbons (Fsp3) is 0.286. The molecule has 0 saturated carbocycles. The van der Waals surface area contributed by atoms with Crippen LogP contribution in [0.15, 0.2) is 6.20 Å². The number of rotatable bonds is 0. The summed E-state index contributed by atoms with van der Waals surface area (Å²) in [4.78, 5) is 6.53. The van der Waals surface area contributed by atoms with Crippen LogP contribution >= 0.6 is 0 Å². The summed E-state index contributed by atoms with van der Waals surface area (Å²) in [6, 6.07) is 0. The molecule has 0 radical (unpaired) electrons. The number of hydrogen-bond donors (Lipinski definition) is 1. The number of aromatic nitrogens is 4. The van der Waals surface area contributed by atoms with Crippen molar-refractivity contribution in [3.63, 3.8) is 0 Å². The number of halogens is 3. The summed E-state index contributed by atoms with van der Waals surface area (Å²) in [5.41, 5.74) is 5.43. The second-order valence-electron chi connectivity index (χ2n) is 2.94. The molecule has 0 aliphatic heterocycles. The fourth-order valence-electron chi connectivity index (χ4n) is 1.17. The van der Waals surface area contributed by atoms with Gasteiger partial charge in [0.05, 0.1) is 11.6 Å². The van der Waals surface area contributed by atoms with Gasteiger partial charge in [0, 0.05) is 7.05 Å². The Hall–Kier alpha value is -1.86. The molecule has 2 heterocycles. The van der Waals surface area contributed by atoms with Gasteiger partial charge < -0.3 is 5.73 Å². The van der Waals surface area contributed by atoms with Crippen molar-refractivity contribution in [2.24, 2.45) is 7.05 Å². The van der Waals surface area contributed by atoms with Crippen molar-refractivity contribution < 1.29 is 13.2 Å². The van der Waals surface area contributed by atoms with E-state index in [0.717, 1.165) is 0 Å². The fourth-order valence-corrected chi connectivity index (χ4v) is 1.17. The summed E-state index contributed by atoms with van der Waals surface area (Å²) in [6.07, 6.45) is -3.28. The minimum absolute atomic E-state index is 0.0647. The van der Waals surface area contributed by atoms with E-state index in [0.29, 0.717) is 5.39 Å². The maximum Gasteiger partial charge on any atom is 0.451 e. The van der Waals surface area contributed by atoms with Crippen LogP contribution in [0.4, 0.5) is 19.0 Å². The number of nitrogens with two attached hydrogens (primary N) is 1. The molecule has 0 atom stereocenters. The SMILES string of the molecule is Cn1ncc2c(N)nc(C(F)(F)F)nc21. The van der Waals surface area contributed by atoms with Gasteiger partial charge in [-0.15, -0.1) is 0 Å². The van der Waals surface area contributed by atoms with Crippen LogP contribution in [0.5, 0.6) is 0 Å². The highest BCUT2D eigenvalue weighted by Crippen LogP contribution is 2.28. The summed E-state index contributed by atoms with van der Waals surface area (Å²) in [5.74, 6) is -1.48. The maximum absolute atomic E-state index is 12.3. The first-order valence-electron chi connectivity index (χ1n) is 3.92. The zero-order valence-corrected chi connectivity index (χ0v) is 7.58. The molecule has 0 fully saturated rings. The second kappa shape index (κ2) is 2.81. The van der Waals surface area contributed by atoms with E-state index in [-0.39, 0.29) is 11.5 Å². The Morgan fingerprint density at radius 1 is 1.33 bits per heavy atom. The van der Waals surface area contributed by atoms with Crippen LogP contribution < -0.4 is 5.73 Å². The minimum atomic E-state index is -4.60. The maximum atomic E-state index is 12.3. The van der Waals surface area contributed by atoms with E-state index < -0.39 is 12.0 Å². The Morgan fingerprint density at radius 3 is 2.60 bits per heavy atom. The standard InChI is InChI=1S/C7H6F3N5/c1-15-5-3(2-12-15)4(11)13-6(14-5)7(8,9)10/h2H,1H3,(H2,11,13,14). The molecule has 0 aliphatic carbocycles. The lowest BCUT2D eigenvalue weighted by Crippen LogP contribution is -2.13. The first-order chi connectivity index (χ1) is 6.89. The molecule has 0 aliphatic rings. The Bertz CT molecular complexity index is 515. The molecule has 2 N–H and O–H groups in total. The second-order valence-corrected chi connectivity index (χ2v) is 2.94. The van der Waals surface area contributed by atoms with Gasteiger partial charge in [-0.2, -0.15) is 18.3 Å². The van der Waals surface area contributed by atoms with Gasteiger partial charge in [0.2, 0.25) is 5.82 Å². The zero-order chi connectivity index (χ0) is 11.2. The lowest BCUT2D eigenvalue weighted by Gasteiger charge is -2.05. The van der Waals surface area contributed by atoms with Crippen LogP contribution in [0, 0.1) is 0 Å². The lowest BCUT2D eigenvalue weighted by atomic mass is 10.4. The highest BCUT2D eigenvalue weighted by Gasteiger charge is 2.35. The predicted molar refractivity (Wildman–Crippen MR) is 45.7 cm³/mol. The monoisotopic (exact) mass is 217 g/mol. The van der Waals surface area contributed by atoms with Crippen LogP contribution in [-0.2, 0) is 13.2 Å². The van der Waals surface area contributed by atoms with Crippen LogP contribution in [-0.4, -0.2) is 19.7 Å². The number of alkyl halides is 3. The molecule has 8 heteroatoms. The van der Waals surface area contributed by atoms with Gasteiger partial charge in [0.25, 0.3) is 0 Å². The van der Waals surface area contributed by atoms with Crippen LogP contribution in [0.25, 0.3) is 11.0 Å². The number of nitrogen functional groups attached to an aromatic ring is 1. The largest absolute Gasteiger partial charge is 0.451 e. The van der Waals surface area contributed by atoms with E-state index in [1.807, 2.05) is 0 Å². The number of aryl methyl sites for hydroxylation is 1. The summed E-state index contributed by atoms with van der Waals surface area (Å²) in [7, 11) is 1.48. The van der Waals surface area contributed by atoms with Crippen LogP contribution in [0.2, 0.25) is 0 Å². The number of fused-ring (bicyclic) bond motifs is 1. The van der Waals surface area contributed by atoms with Gasteiger partial charge in [0.15, 0.2) is 5.65 Å². The van der Waals surface area contributed by atoms with Crippen LogP contribution in [0.3, 0.4) is 0 Å². The Morgan fingerprint density at radius 2 is 2.00 bits per heavy atom. The molecular weight excluding hydrogens is 211 g/mol. The number of nitrogens with zero attached hydrogens (tertiary/aromatic N) is 4. The van der Waals surface area contributed by atoms with Crippen molar-refractivity contribution in [3.8, 4) is 0 Å². The molecule has 0 spiro atoms. The normalized spacial score (nSPS) is 12.3. The molecule has 0 bridgehead atoms. The highest BCUT2D eigenvalue weighted by atomic mass is 19.4. The van der Waals surface area contributed by atoms with Crippen molar-refractivity contribution in [2.75, 3.05) is 5.73 Å². The molecule has 2 aromatic heterocycles. The molecule has 0 saturated heterocycles. The van der Waals surface area contributed by atoms with E-state index in [4.69, 9.17) is 5.73 Å². The molecule has 2 rings (SSSR count). The average Bonchev–Trinajstić information content (AvgIpc) is 2.47. The number of anilines is 1. The van der Waals surface area contributed by atoms with Gasteiger partial charge in [-0.05, 0) is 0 Å². The number of hydrogen-bond acceptors (Lipinski definition) is 4.